The largest absolute Gasteiger partial charge is 0.310 e. The van der Waals surface area contributed by atoms with Gasteiger partial charge in [-0.15, -0.1) is 0 Å². The maximum Gasteiger partial charge on any atom is 0.0410 e. The number of hydrogen-bond donors (Lipinski definition) is 1. The maximum absolute atomic E-state index is 6.17. The number of unbranched alkanes of at least 4 members (excludes halogenated alkanes) is 4. The molecule has 0 aliphatic rings. The second-order valence-electron chi connectivity index (χ2n) is 5.38. The fraction of sp³-hybridized carbons (Fsp3) is 0.647. The van der Waals surface area contributed by atoms with Crippen molar-refractivity contribution >= 4 is 34.2 Å². The van der Waals surface area contributed by atoms with Crippen molar-refractivity contribution in [2.24, 2.45) is 0 Å². The summed E-state index contributed by atoms with van der Waals surface area (Å²) in [4.78, 5) is 0. The molecule has 1 aromatic carbocycles. The van der Waals surface area contributed by atoms with E-state index in [1.165, 1.54) is 54.1 Å². The predicted molar refractivity (Wildman–Crippen MR) is 98.6 cm³/mol. The van der Waals surface area contributed by atoms with Crippen molar-refractivity contribution in [3.63, 3.8) is 0 Å². The normalized spacial score (nSPS) is 12.6. The van der Waals surface area contributed by atoms with E-state index in [4.69, 9.17) is 11.6 Å². The molecule has 3 heteroatoms. The first-order valence-electron chi connectivity index (χ1n) is 7.87. The van der Waals surface area contributed by atoms with Crippen LogP contribution in [0, 0.1) is 3.57 Å². The van der Waals surface area contributed by atoms with Gasteiger partial charge < -0.3 is 5.32 Å². The summed E-state index contributed by atoms with van der Waals surface area (Å²) in [5.41, 5.74) is 1.36. The van der Waals surface area contributed by atoms with Crippen molar-refractivity contribution in [3.8, 4) is 0 Å². The molecule has 0 bridgehead atoms. The molecular formula is C17H27ClIN. The lowest BCUT2D eigenvalue weighted by Crippen LogP contribution is -2.23. The Morgan fingerprint density at radius 1 is 1.10 bits per heavy atom. The Hall–Kier alpha value is 0.200. The molecule has 0 radical (unpaired) electrons. The van der Waals surface area contributed by atoms with Gasteiger partial charge >= 0.3 is 0 Å². The highest BCUT2D eigenvalue weighted by Crippen LogP contribution is 2.27. The van der Waals surface area contributed by atoms with Gasteiger partial charge in [0.25, 0.3) is 0 Å². The van der Waals surface area contributed by atoms with Crippen molar-refractivity contribution in [2.75, 3.05) is 6.54 Å². The first-order chi connectivity index (χ1) is 9.69. The first-order valence-corrected chi connectivity index (χ1v) is 9.33. The van der Waals surface area contributed by atoms with Crippen LogP contribution in [-0.2, 0) is 0 Å². The molecule has 1 atom stereocenters. The molecule has 114 valence electrons. The topological polar surface area (TPSA) is 12.0 Å². The summed E-state index contributed by atoms with van der Waals surface area (Å²) < 4.78 is 1.31. The third-order valence-electron chi connectivity index (χ3n) is 3.57. The molecule has 1 unspecified atom stereocenters. The van der Waals surface area contributed by atoms with Gasteiger partial charge in [-0.1, -0.05) is 57.6 Å². The monoisotopic (exact) mass is 407 g/mol. The minimum Gasteiger partial charge on any atom is -0.310 e. The van der Waals surface area contributed by atoms with Crippen LogP contribution in [0.4, 0.5) is 0 Å². The minimum atomic E-state index is 0.446. The van der Waals surface area contributed by atoms with Crippen molar-refractivity contribution < 1.29 is 0 Å². The molecule has 0 spiro atoms. The van der Waals surface area contributed by atoms with Crippen LogP contribution in [0.1, 0.15) is 70.4 Å². The Balaban J connectivity index is 2.60. The van der Waals surface area contributed by atoms with Crippen LogP contribution >= 0.6 is 34.2 Å². The van der Waals surface area contributed by atoms with Crippen LogP contribution in [0.2, 0.25) is 5.02 Å². The Kier molecular flexibility index (Phi) is 9.91. The summed E-state index contributed by atoms with van der Waals surface area (Å²) in [6, 6.07) is 6.67. The van der Waals surface area contributed by atoms with Gasteiger partial charge in [-0.25, -0.2) is 0 Å². The van der Waals surface area contributed by atoms with Crippen LogP contribution < -0.4 is 5.32 Å². The molecule has 0 aliphatic carbocycles. The molecule has 0 amide bonds. The number of nitrogens with one attached hydrogen (secondary N) is 1. The van der Waals surface area contributed by atoms with E-state index < -0.39 is 0 Å². The molecule has 1 nitrogen and oxygen atoms in total. The quantitative estimate of drug-likeness (QED) is 0.352. The Bertz CT molecular complexity index is 381. The summed E-state index contributed by atoms with van der Waals surface area (Å²) in [7, 11) is 0. The van der Waals surface area contributed by atoms with Gasteiger partial charge in [-0.3, -0.25) is 0 Å². The van der Waals surface area contributed by atoms with E-state index in [0.717, 1.165) is 11.6 Å². The van der Waals surface area contributed by atoms with Crippen molar-refractivity contribution in [2.45, 2.75) is 64.8 Å². The second-order valence-corrected chi connectivity index (χ2v) is 6.97. The second kappa shape index (κ2) is 10.9. The number of rotatable bonds is 10. The lowest BCUT2D eigenvalue weighted by molar-refractivity contribution is 0.466. The standard InChI is InChI=1S/C17H27ClIN/c1-3-5-6-7-8-9-17(20-12-4-2)15-13-14(18)10-11-16(15)19/h10-11,13,17,20H,3-9,12H2,1-2H3. The maximum atomic E-state index is 6.17. The molecule has 1 aromatic rings. The molecule has 0 heterocycles. The molecule has 20 heavy (non-hydrogen) atoms. The fourth-order valence-corrected chi connectivity index (χ4v) is 3.31. The van der Waals surface area contributed by atoms with Gasteiger partial charge in [0.1, 0.15) is 0 Å². The van der Waals surface area contributed by atoms with E-state index in [0.29, 0.717) is 6.04 Å². The Morgan fingerprint density at radius 3 is 2.55 bits per heavy atom. The number of benzene rings is 1. The van der Waals surface area contributed by atoms with Crippen LogP contribution in [0.25, 0.3) is 0 Å². The third-order valence-corrected chi connectivity index (χ3v) is 4.79. The van der Waals surface area contributed by atoms with E-state index in [-0.39, 0.29) is 0 Å². The van der Waals surface area contributed by atoms with Gasteiger partial charge in [0.05, 0.1) is 0 Å². The van der Waals surface area contributed by atoms with Gasteiger partial charge in [0.2, 0.25) is 0 Å². The Labute approximate surface area is 143 Å². The number of halogens is 2. The van der Waals surface area contributed by atoms with Gasteiger partial charge in [0.15, 0.2) is 0 Å². The molecule has 1 rings (SSSR count). The van der Waals surface area contributed by atoms with Crippen LogP contribution in [-0.4, -0.2) is 6.54 Å². The molecule has 0 fully saturated rings. The van der Waals surface area contributed by atoms with E-state index in [9.17, 15) is 0 Å². The van der Waals surface area contributed by atoms with Crippen molar-refractivity contribution in [1.82, 2.24) is 5.32 Å². The Morgan fingerprint density at radius 2 is 1.85 bits per heavy atom. The van der Waals surface area contributed by atoms with Crippen LogP contribution in [0.5, 0.6) is 0 Å². The molecule has 0 saturated heterocycles. The van der Waals surface area contributed by atoms with E-state index >= 15 is 0 Å². The summed E-state index contributed by atoms with van der Waals surface area (Å²) in [5, 5.41) is 4.52. The van der Waals surface area contributed by atoms with Crippen molar-refractivity contribution in [3.05, 3.63) is 32.4 Å². The molecule has 0 aromatic heterocycles. The lowest BCUT2D eigenvalue weighted by atomic mass is 9.99. The summed E-state index contributed by atoms with van der Waals surface area (Å²) >= 11 is 8.59. The first kappa shape index (κ1) is 18.2. The van der Waals surface area contributed by atoms with E-state index in [1.807, 2.05) is 6.07 Å². The highest BCUT2D eigenvalue weighted by molar-refractivity contribution is 14.1. The summed E-state index contributed by atoms with van der Waals surface area (Å²) in [5.74, 6) is 0. The SMILES string of the molecule is CCCCCCCC(NCCC)c1cc(Cl)ccc1I. The number of hydrogen-bond acceptors (Lipinski definition) is 1. The predicted octanol–water partition coefficient (Wildman–Crippen LogP) is 6.35. The van der Waals surface area contributed by atoms with Gasteiger partial charge in [0, 0.05) is 14.6 Å². The molecule has 0 saturated carbocycles. The highest BCUT2D eigenvalue weighted by atomic mass is 127. The summed E-state index contributed by atoms with van der Waals surface area (Å²) in [6.07, 6.45) is 9.05. The summed E-state index contributed by atoms with van der Waals surface area (Å²) in [6.45, 7) is 5.55. The van der Waals surface area contributed by atoms with Crippen LogP contribution in [0.15, 0.2) is 18.2 Å². The zero-order valence-electron chi connectivity index (χ0n) is 12.7. The average molecular weight is 408 g/mol. The lowest BCUT2D eigenvalue weighted by Gasteiger charge is -2.20. The zero-order valence-corrected chi connectivity index (χ0v) is 15.6. The molecule has 0 aliphatic heterocycles. The fourth-order valence-electron chi connectivity index (χ4n) is 2.42. The average Bonchev–Trinajstić information content (AvgIpc) is 2.45. The smallest absolute Gasteiger partial charge is 0.0410 e. The molecule has 1 N–H and O–H groups in total. The van der Waals surface area contributed by atoms with Gasteiger partial charge in [-0.05, 0) is 65.7 Å². The van der Waals surface area contributed by atoms with Crippen molar-refractivity contribution in [1.29, 1.82) is 0 Å². The van der Waals surface area contributed by atoms with E-state index in [1.54, 1.807) is 0 Å². The third kappa shape index (κ3) is 6.77. The van der Waals surface area contributed by atoms with Crippen LogP contribution in [0.3, 0.4) is 0 Å². The molecular weight excluding hydrogens is 381 g/mol. The van der Waals surface area contributed by atoms with Gasteiger partial charge in [-0.2, -0.15) is 0 Å². The zero-order chi connectivity index (χ0) is 14.8. The minimum absolute atomic E-state index is 0.446. The highest BCUT2D eigenvalue weighted by Gasteiger charge is 2.14. The van der Waals surface area contributed by atoms with E-state index in [2.05, 4.69) is 53.9 Å².